The predicted molar refractivity (Wildman–Crippen MR) is 67.9 cm³/mol. The molecule has 1 aromatic heterocycles. The number of anilines is 2. The molecule has 2 N–H and O–H groups in total. The van der Waals surface area contributed by atoms with Crippen molar-refractivity contribution in [3.8, 4) is 0 Å². The third kappa shape index (κ3) is 1.88. The molecule has 90 valence electrons. The van der Waals surface area contributed by atoms with E-state index in [2.05, 4.69) is 36.5 Å². The van der Waals surface area contributed by atoms with Crippen molar-refractivity contribution < 1.29 is 0 Å². The first-order valence-corrected chi connectivity index (χ1v) is 6.17. The first-order chi connectivity index (χ1) is 7.63. The monoisotopic (exact) mass is 222 g/mol. The number of nitrogens with one attached hydrogen (secondary N) is 2. The summed E-state index contributed by atoms with van der Waals surface area (Å²) in [5.74, 6) is 2.52. The molecule has 16 heavy (non-hydrogen) atoms. The van der Waals surface area contributed by atoms with Gasteiger partial charge in [0.1, 0.15) is 11.5 Å². The third-order valence-electron chi connectivity index (χ3n) is 3.47. The first kappa shape index (κ1) is 11.3. The molecule has 0 amide bonds. The van der Waals surface area contributed by atoms with E-state index < -0.39 is 0 Å². The van der Waals surface area contributed by atoms with Gasteiger partial charge in [-0.15, -0.1) is 0 Å². The summed E-state index contributed by atoms with van der Waals surface area (Å²) in [5, 5.41) is 11.6. The summed E-state index contributed by atoms with van der Waals surface area (Å²) in [6.45, 7) is 8.78. The number of fused-ring (bicyclic) bond motifs is 1. The molecule has 1 aliphatic rings. The normalized spacial score (nSPS) is 19.9. The highest BCUT2D eigenvalue weighted by atomic mass is 15.3. The Labute approximate surface area is 97.4 Å². The van der Waals surface area contributed by atoms with Gasteiger partial charge in [-0.1, -0.05) is 20.8 Å². The maximum atomic E-state index is 4.51. The molecule has 0 saturated heterocycles. The van der Waals surface area contributed by atoms with Crippen LogP contribution in [0.5, 0.6) is 0 Å². The second-order valence-corrected chi connectivity index (χ2v) is 4.91. The van der Waals surface area contributed by atoms with Crippen LogP contribution in [0.2, 0.25) is 0 Å². The van der Waals surface area contributed by atoms with E-state index in [4.69, 9.17) is 0 Å². The standard InChI is InChI=1S/C12H22N4/c1-5-10-11-12(16(4)15-10)14-7-9(6-13-11)8(2)3/h8-9,13-14H,5-7H2,1-4H3. The van der Waals surface area contributed by atoms with Crippen LogP contribution in [0.1, 0.15) is 26.5 Å². The van der Waals surface area contributed by atoms with Crippen LogP contribution >= 0.6 is 0 Å². The molecular weight excluding hydrogens is 200 g/mol. The maximum Gasteiger partial charge on any atom is 0.148 e. The first-order valence-electron chi connectivity index (χ1n) is 6.17. The summed E-state index contributed by atoms with van der Waals surface area (Å²) in [7, 11) is 2.00. The molecule has 4 nitrogen and oxygen atoms in total. The summed E-state index contributed by atoms with van der Waals surface area (Å²) in [6, 6.07) is 0. The van der Waals surface area contributed by atoms with Crippen LogP contribution in [-0.2, 0) is 13.5 Å². The Bertz CT molecular complexity index is 367. The number of nitrogens with zero attached hydrogens (tertiary/aromatic N) is 2. The Balaban J connectivity index is 2.24. The van der Waals surface area contributed by atoms with Crippen molar-refractivity contribution >= 4 is 11.5 Å². The van der Waals surface area contributed by atoms with Crippen LogP contribution in [0.4, 0.5) is 11.5 Å². The zero-order chi connectivity index (χ0) is 11.7. The van der Waals surface area contributed by atoms with Gasteiger partial charge in [-0.3, -0.25) is 4.68 Å². The molecule has 0 spiro atoms. The highest BCUT2D eigenvalue weighted by molar-refractivity contribution is 5.69. The van der Waals surface area contributed by atoms with Crippen LogP contribution in [0, 0.1) is 11.8 Å². The molecule has 1 atom stereocenters. The minimum atomic E-state index is 0.678. The summed E-state index contributed by atoms with van der Waals surface area (Å²) in [4.78, 5) is 0. The maximum absolute atomic E-state index is 4.51. The number of rotatable bonds is 2. The van der Waals surface area contributed by atoms with E-state index in [1.807, 2.05) is 11.7 Å². The minimum Gasteiger partial charge on any atom is -0.380 e. The van der Waals surface area contributed by atoms with Gasteiger partial charge < -0.3 is 10.6 Å². The van der Waals surface area contributed by atoms with Gasteiger partial charge in [0.15, 0.2) is 0 Å². The summed E-state index contributed by atoms with van der Waals surface area (Å²) in [6.07, 6.45) is 0.976. The SMILES string of the molecule is CCc1nn(C)c2c1NCC(C(C)C)CN2. The van der Waals surface area contributed by atoms with E-state index in [1.165, 1.54) is 5.69 Å². The minimum absolute atomic E-state index is 0.678. The van der Waals surface area contributed by atoms with Gasteiger partial charge in [0.2, 0.25) is 0 Å². The number of aromatic nitrogens is 2. The molecule has 0 radical (unpaired) electrons. The van der Waals surface area contributed by atoms with E-state index in [0.717, 1.165) is 31.0 Å². The third-order valence-corrected chi connectivity index (χ3v) is 3.47. The van der Waals surface area contributed by atoms with Gasteiger partial charge in [-0.05, 0) is 18.3 Å². The fourth-order valence-electron chi connectivity index (χ4n) is 2.22. The molecule has 0 aromatic carbocycles. The molecule has 1 aliphatic heterocycles. The van der Waals surface area contributed by atoms with Gasteiger partial charge in [-0.25, -0.2) is 0 Å². The van der Waals surface area contributed by atoms with Gasteiger partial charge >= 0.3 is 0 Å². The fourth-order valence-corrected chi connectivity index (χ4v) is 2.22. The topological polar surface area (TPSA) is 41.9 Å². The van der Waals surface area contributed by atoms with Crippen molar-refractivity contribution in [1.29, 1.82) is 0 Å². The van der Waals surface area contributed by atoms with Gasteiger partial charge in [0.25, 0.3) is 0 Å². The van der Waals surface area contributed by atoms with Crippen LogP contribution < -0.4 is 10.6 Å². The molecule has 1 unspecified atom stereocenters. The van der Waals surface area contributed by atoms with E-state index in [9.17, 15) is 0 Å². The van der Waals surface area contributed by atoms with E-state index in [0.29, 0.717) is 11.8 Å². The highest BCUT2D eigenvalue weighted by Crippen LogP contribution is 2.29. The lowest BCUT2D eigenvalue weighted by molar-refractivity contribution is 0.425. The van der Waals surface area contributed by atoms with Crippen LogP contribution in [0.25, 0.3) is 0 Å². The smallest absolute Gasteiger partial charge is 0.148 e. The lowest BCUT2D eigenvalue weighted by atomic mass is 9.96. The zero-order valence-corrected chi connectivity index (χ0v) is 10.7. The zero-order valence-electron chi connectivity index (χ0n) is 10.7. The second kappa shape index (κ2) is 4.36. The molecule has 2 heterocycles. The van der Waals surface area contributed by atoms with Crippen molar-refractivity contribution in [2.45, 2.75) is 27.2 Å². The molecule has 0 aliphatic carbocycles. The molecule has 1 aromatic rings. The lowest BCUT2D eigenvalue weighted by Crippen LogP contribution is -2.24. The quantitative estimate of drug-likeness (QED) is 0.805. The van der Waals surface area contributed by atoms with Gasteiger partial charge in [-0.2, -0.15) is 5.10 Å². The van der Waals surface area contributed by atoms with Crippen molar-refractivity contribution in [2.75, 3.05) is 23.7 Å². The van der Waals surface area contributed by atoms with E-state index >= 15 is 0 Å². The molecule has 2 rings (SSSR count). The molecule has 0 bridgehead atoms. The van der Waals surface area contributed by atoms with Crippen molar-refractivity contribution in [1.82, 2.24) is 9.78 Å². The molecule has 0 saturated carbocycles. The predicted octanol–water partition coefficient (Wildman–Crippen LogP) is 2.09. The Morgan fingerprint density at radius 2 is 2.06 bits per heavy atom. The summed E-state index contributed by atoms with van der Waals surface area (Å²) in [5.41, 5.74) is 2.36. The largest absolute Gasteiger partial charge is 0.380 e. The number of hydrogen-bond acceptors (Lipinski definition) is 3. The molecule has 4 heteroatoms. The fraction of sp³-hybridized carbons (Fsp3) is 0.750. The van der Waals surface area contributed by atoms with Crippen molar-refractivity contribution in [3.63, 3.8) is 0 Å². The Morgan fingerprint density at radius 3 is 2.69 bits per heavy atom. The average Bonchev–Trinajstić information content (AvgIpc) is 2.46. The van der Waals surface area contributed by atoms with Crippen LogP contribution in [0.15, 0.2) is 0 Å². The van der Waals surface area contributed by atoms with Crippen molar-refractivity contribution in [2.24, 2.45) is 18.9 Å². The van der Waals surface area contributed by atoms with E-state index in [1.54, 1.807) is 0 Å². The molecular formula is C12H22N4. The number of hydrogen-bond donors (Lipinski definition) is 2. The Morgan fingerprint density at radius 1 is 1.38 bits per heavy atom. The lowest BCUT2D eigenvalue weighted by Gasteiger charge is -2.18. The Hall–Kier alpha value is -1.19. The average molecular weight is 222 g/mol. The van der Waals surface area contributed by atoms with Crippen LogP contribution in [-0.4, -0.2) is 22.9 Å². The Kier molecular flexibility index (Phi) is 3.08. The van der Waals surface area contributed by atoms with Crippen LogP contribution in [0.3, 0.4) is 0 Å². The van der Waals surface area contributed by atoms with Gasteiger partial charge in [0.05, 0.1) is 5.69 Å². The highest BCUT2D eigenvalue weighted by Gasteiger charge is 2.22. The van der Waals surface area contributed by atoms with Gasteiger partial charge in [0, 0.05) is 20.1 Å². The summed E-state index contributed by atoms with van der Waals surface area (Å²) < 4.78 is 1.95. The van der Waals surface area contributed by atoms with Crippen molar-refractivity contribution in [3.05, 3.63) is 5.69 Å². The number of aryl methyl sites for hydroxylation is 2. The van der Waals surface area contributed by atoms with E-state index in [-0.39, 0.29) is 0 Å². The second-order valence-electron chi connectivity index (χ2n) is 4.91. The summed E-state index contributed by atoms with van der Waals surface area (Å²) >= 11 is 0. The molecule has 0 fully saturated rings.